The molecule has 1 rings (SSSR count). The summed E-state index contributed by atoms with van der Waals surface area (Å²) in [5.74, 6) is -0.0105. The molecule has 0 aromatic heterocycles. The van der Waals surface area contributed by atoms with E-state index >= 15 is 0 Å². The lowest BCUT2D eigenvalue weighted by molar-refractivity contribution is -0.117. The van der Waals surface area contributed by atoms with Gasteiger partial charge in [0, 0.05) is 17.3 Å². The molecule has 1 N–H and O–H groups in total. The van der Waals surface area contributed by atoms with Crippen LogP contribution in [-0.2, 0) is 9.53 Å². The largest absolute Gasteiger partial charge is 0.384 e. The number of ether oxygens (including phenoxy) is 1. The molecule has 1 aromatic carbocycles. The molecule has 0 atom stereocenters. The fourth-order valence-electron chi connectivity index (χ4n) is 1.33. The number of anilines is 1. The Balaban J connectivity index is 2.66. The molecule has 94 valence electrons. The van der Waals surface area contributed by atoms with Crippen molar-refractivity contribution in [3.05, 3.63) is 24.3 Å². The first-order valence-corrected chi connectivity index (χ1v) is 6.56. The van der Waals surface area contributed by atoms with Crippen molar-refractivity contribution >= 4 is 23.4 Å². The van der Waals surface area contributed by atoms with Gasteiger partial charge < -0.3 is 10.1 Å². The zero-order valence-electron chi connectivity index (χ0n) is 10.5. The molecule has 17 heavy (non-hydrogen) atoms. The summed E-state index contributed by atoms with van der Waals surface area (Å²) in [6, 6.07) is 7.86. The van der Waals surface area contributed by atoms with Crippen LogP contribution in [0.4, 0.5) is 5.69 Å². The second kappa shape index (κ2) is 7.35. The molecule has 0 heterocycles. The van der Waals surface area contributed by atoms with E-state index in [0.717, 1.165) is 10.6 Å². The highest BCUT2D eigenvalue weighted by atomic mass is 32.2. The number of nitrogens with one attached hydrogen (secondary N) is 1. The van der Waals surface area contributed by atoms with E-state index in [4.69, 9.17) is 4.74 Å². The van der Waals surface area contributed by atoms with Crippen molar-refractivity contribution in [1.82, 2.24) is 0 Å². The van der Waals surface area contributed by atoms with Gasteiger partial charge in [0.05, 0.1) is 18.7 Å². The van der Waals surface area contributed by atoms with Gasteiger partial charge in [0.1, 0.15) is 0 Å². The van der Waals surface area contributed by atoms with Crippen LogP contribution in [0.2, 0.25) is 0 Å². The van der Waals surface area contributed by atoms with E-state index < -0.39 is 0 Å². The fraction of sp³-hybridized carbons (Fsp3) is 0.462. The van der Waals surface area contributed by atoms with E-state index in [1.54, 1.807) is 18.9 Å². The summed E-state index contributed by atoms with van der Waals surface area (Å²) in [6.45, 7) is 4.72. The number of thioether (sulfide) groups is 1. The van der Waals surface area contributed by atoms with Crippen LogP contribution in [0.25, 0.3) is 0 Å². The Labute approximate surface area is 107 Å². The first kappa shape index (κ1) is 14.1. The van der Waals surface area contributed by atoms with Crippen molar-refractivity contribution in [3.63, 3.8) is 0 Å². The monoisotopic (exact) mass is 253 g/mol. The lowest BCUT2D eigenvalue weighted by Crippen LogP contribution is -2.14. The Bertz CT molecular complexity index is 366. The van der Waals surface area contributed by atoms with Gasteiger partial charge in [-0.1, -0.05) is 26.0 Å². The maximum Gasteiger partial charge on any atom is 0.226 e. The smallest absolute Gasteiger partial charge is 0.226 e. The van der Waals surface area contributed by atoms with Crippen LogP contribution in [0.1, 0.15) is 20.3 Å². The average Bonchev–Trinajstić information content (AvgIpc) is 2.28. The molecule has 0 radical (unpaired) electrons. The zero-order valence-corrected chi connectivity index (χ0v) is 11.3. The molecular weight excluding hydrogens is 234 g/mol. The minimum absolute atomic E-state index is 0.0105. The third-order valence-corrected chi connectivity index (χ3v) is 3.14. The van der Waals surface area contributed by atoms with Gasteiger partial charge in [0.2, 0.25) is 5.91 Å². The van der Waals surface area contributed by atoms with Gasteiger partial charge in [-0.2, -0.15) is 0 Å². The van der Waals surface area contributed by atoms with Crippen molar-refractivity contribution in [2.24, 2.45) is 0 Å². The van der Waals surface area contributed by atoms with E-state index in [1.165, 1.54) is 0 Å². The van der Waals surface area contributed by atoms with Crippen LogP contribution in [0.3, 0.4) is 0 Å². The van der Waals surface area contributed by atoms with E-state index in [0.29, 0.717) is 18.3 Å². The average molecular weight is 253 g/mol. The first-order valence-electron chi connectivity index (χ1n) is 5.68. The standard InChI is InChI=1S/C13H19NO2S/c1-10(2)17-12-7-5-4-6-11(12)14-13(15)8-9-16-3/h4-7,10H,8-9H2,1-3H3,(H,14,15). The normalized spacial score (nSPS) is 10.6. The second-order valence-electron chi connectivity index (χ2n) is 3.95. The van der Waals surface area contributed by atoms with E-state index in [2.05, 4.69) is 19.2 Å². The molecule has 3 nitrogen and oxygen atoms in total. The number of methoxy groups -OCH3 is 1. The molecule has 0 fully saturated rings. The highest BCUT2D eigenvalue weighted by Crippen LogP contribution is 2.30. The van der Waals surface area contributed by atoms with Crippen molar-refractivity contribution in [2.45, 2.75) is 30.4 Å². The van der Waals surface area contributed by atoms with Crippen LogP contribution < -0.4 is 5.32 Å². The number of benzene rings is 1. The zero-order chi connectivity index (χ0) is 12.7. The predicted molar refractivity (Wildman–Crippen MR) is 72.6 cm³/mol. The summed E-state index contributed by atoms with van der Waals surface area (Å²) in [4.78, 5) is 12.7. The second-order valence-corrected chi connectivity index (χ2v) is 5.57. The molecule has 0 spiro atoms. The molecule has 0 aliphatic carbocycles. The van der Waals surface area contributed by atoms with Crippen LogP contribution in [0.15, 0.2) is 29.2 Å². The highest BCUT2D eigenvalue weighted by Gasteiger charge is 2.07. The topological polar surface area (TPSA) is 38.3 Å². The summed E-state index contributed by atoms with van der Waals surface area (Å²) >= 11 is 1.74. The molecule has 4 heteroatoms. The van der Waals surface area contributed by atoms with Gasteiger partial charge in [0.15, 0.2) is 0 Å². The van der Waals surface area contributed by atoms with Gasteiger partial charge in [-0.15, -0.1) is 11.8 Å². The summed E-state index contributed by atoms with van der Waals surface area (Å²) < 4.78 is 4.88. The quantitative estimate of drug-likeness (QED) is 0.791. The Morgan fingerprint density at radius 2 is 2.12 bits per heavy atom. The molecule has 0 unspecified atom stereocenters. The van der Waals surface area contributed by atoms with Crippen molar-refractivity contribution in [1.29, 1.82) is 0 Å². The Morgan fingerprint density at radius 3 is 2.76 bits per heavy atom. The molecule has 0 bridgehead atoms. The van der Waals surface area contributed by atoms with Crippen molar-refractivity contribution in [3.8, 4) is 0 Å². The molecule has 0 aliphatic rings. The summed E-state index contributed by atoms with van der Waals surface area (Å²) in [6.07, 6.45) is 0.386. The summed E-state index contributed by atoms with van der Waals surface area (Å²) in [5.41, 5.74) is 0.882. The Morgan fingerprint density at radius 1 is 1.41 bits per heavy atom. The molecule has 0 saturated carbocycles. The summed E-state index contributed by atoms with van der Waals surface area (Å²) in [7, 11) is 1.59. The van der Waals surface area contributed by atoms with Crippen molar-refractivity contribution in [2.75, 3.05) is 19.0 Å². The number of para-hydroxylation sites is 1. The van der Waals surface area contributed by atoms with Gasteiger partial charge in [-0.3, -0.25) is 4.79 Å². The predicted octanol–water partition coefficient (Wildman–Crippen LogP) is 3.16. The molecule has 1 amide bonds. The maximum absolute atomic E-state index is 11.6. The lowest BCUT2D eigenvalue weighted by atomic mass is 10.3. The molecular formula is C13H19NO2S. The maximum atomic E-state index is 11.6. The van der Waals surface area contributed by atoms with Gasteiger partial charge in [-0.25, -0.2) is 0 Å². The van der Waals surface area contributed by atoms with E-state index in [-0.39, 0.29) is 5.91 Å². The molecule has 0 saturated heterocycles. The number of carbonyl (C=O) groups excluding carboxylic acids is 1. The first-order chi connectivity index (χ1) is 8.13. The Hall–Kier alpha value is -1.00. The highest BCUT2D eigenvalue weighted by molar-refractivity contribution is 8.00. The van der Waals surface area contributed by atoms with Crippen LogP contribution in [-0.4, -0.2) is 24.9 Å². The summed E-state index contributed by atoms with van der Waals surface area (Å²) in [5, 5.41) is 3.40. The van der Waals surface area contributed by atoms with Gasteiger partial charge >= 0.3 is 0 Å². The van der Waals surface area contributed by atoms with Crippen LogP contribution in [0, 0.1) is 0 Å². The molecule has 0 aliphatic heterocycles. The number of carbonyl (C=O) groups is 1. The third kappa shape index (κ3) is 5.24. The van der Waals surface area contributed by atoms with Crippen LogP contribution >= 0.6 is 11.8 Å². The number of hydrogen-bond acceptors (Lipinski definition) is 3. The molecule has 1 aromatic rings. The SMILES string of the molecule is COCCC(=O)Nc1ccccc1SC(C)C. The lowest BCUT2D eigenvalue weighted by Gasteiger charge is -2.12. The fourth-order valence-corrected chi connectivity index (χ4v) is 2.25. The van der Waals surface area contributed by atoms with Gasteiger partial charge in [-0.05, 0) is 12.1 Å². The minimum atomic E-state index is -0.0105. The van der Waals surface area contributed by atoms with Crippen LogP contribution in [0.5, 0.6) is 0 Å². The van der Waals surface area contributed by atoms with E-state index in [1.807, 2.05) is 24.3 Å². The number of amides is 1. The van der Waals surface area contributed by atoms with Crippen molar-refractivity contribution < 1.29 is 9.53 Å². The number of hydrogen-bond donors (Lipinski definition) is 1. The third-order valence-electron chi connectivity index (χ3n) is 2.06. The van der Waals surface area contributed by atoms with E-state index in [9.17, 15) is 4.79 Å². The Kier molecular flexibility index (Phi) is 6.08. The minimum Gasteiger partial charge on any atom is -0.384 e. The number of rotatable bonds is 6. The van der Waals surface area contributed by atoms with Gasteiger partial charge in [0.25, 0.3) is 0 Å².